The molecule has 4 nitrogen and oxygen atoms in total. The van der Waals surface area contributed by atoms with Gasteiger partial charge < -0.3 is 10.5 Å². The van der Waals surface area contributed by atoms with Crippen molar-refractivity contribution < 1.29 is 4.74 Å². The summed E-state index contributed by atoms with van der Waals surface area (Å²) in [6.45, 7) is 2.32. The molecular weight excluding hydrogens is 282 g/mol. The predicted molar refractivity (Wildman–Crippen MR) is 72.9 cm³/mol. The van der Waals surface area contributed by atoms with Gasteiger partial charge in [-0.1, -0.05) is 0 Å². The molecule has 0 fully saturated rings. The fourth-order valence-electron chi connectivity index (χ4n) is 1.80. The number of hydrogen-bond donors (Lipinski definition) is 1. The number of pyridine rings is 1. The minimum Gasteiger partial charge on any atom is -0.385 e. The fraction of sp³-hybridized carbons (Fsp3) is 0.583. The number of likely N-dealkylation sites (N-methyl/N-ethyl adjacent to an activating group) is 1. The second kappa shape index (κ2) is 7.76. The first kappa shape index (κ1) is 14.6. The first-order chi connectivity index (χ1) is 8.19. The number of ether oxygens (including phenoxy) is 1. The average molecular weight is 302 g/mol. The molecule has 0 saturated carbocycles. The van der Waals surface area contributed by atoms with E-state index >= 15 is 0 Å². The van der Waals surface area contributed by atoms with E-state index in [1.807, 2.05) is 6.20 Å². The van der Waals surface area contributed by atoms with Crippen molar-refractivity contribution >= 4 is 15.9 Å². The highest BCUT2D eigenvalue weighted by Gasteiger charge is 2.15. The van der Waals surface area contributed by atoms with Gasteiger partial charge in [0.05, 0.1) is 0 Å². The van der Waals surface area contributed by atoms with Gasteiger partial charge in [-0.2, -0.15) is 0 Å². The maximum Gasteiger partial charge on any atom is 0.0483 e. The van der Waals surface area contributed by atoms with Crippen molar-refractivity contribution in [2.45, 2.75) is 12.5 Å². The number of halogens is 1. The summed E-state index contributed by atoms with van der Waals surface area (Å²) in [6, 6.07) is 2.27. The van der Waals surface area contributed by atoms with Crippen LogP contribution in [0.4, 0.5) is 0 Å². The lowest BCUT2D eigenvalue weighted by Crippen LogP contribution is -2.31. The lowest BCUT2D eigenvalue weighted by molar-refractivity contribution is 0.166. The lowest BCUT2D eigenvalue weighted by Gasteiger charge is -2.27. The highest BCUT2D eigenvalue weighted by molar-refractivity contribution is 9.10. The summed E-state index contributed by atoms with van der Waals surface area (Å²) in [5, 5.41) is 0. The molecule has 0 aromatic carbocycles. The Morgan fingerprint density at radius 1 is 1.53 bits per heavy atom. The predicted octanol–water partition coefficient (Wildman–Crippen LogP) is 1.81. The van der Waals surface area contributed by atoms with Gasteiger partial charge in [-0.15, -0.1) is 0 Å². The largest absolute Gasteiger partial charge is 0.385 e. The number of rotatable bonds is 7. The van der Waals surface area contributed by atoms with Gasteiger partial charge in [-0.05, 0) is 41.0 Å². The van der Waals surface area contributed by atoms with Crippen LogP contribution in [0.15, 0.2) is 22.9 Å². The summed E-state index contributed by atoms with van der Waals surface area (Å²) in [7, 11) is 3.80. The molecule has 0 aliphatic carbocycles. The quantitative estimate of drug-likeness (QED) is 0.781. The first-order valence-corrected chi connectivity index (χ1v) is 6.48. The molecule has 1 aromatic rings. The number of methoxy groups -OCH3 is 1. The van der Waals surface area contributed by atoms with Crippen LogP contribution in [-0.4, -0.2) is 43.7 Å². The lowest BCUT2D eigenvalue weighted by atomic mass is 10.1. The molecule has 0 radical (unpaired) electrons. The molecular formula is C12H20BrN3O. The van der Waals surface area contributed by atoms with E-state index < -0.39 is 0 Å². The van der Waals surface area contributed by atoms with Gasteiger partial charge in [0.2, 0.25) is 0 Å². The van der Waals surface area contributed by atoms with Crippen molar-refractivity contribution in [1.82, 2.24) is 9.88 Å². The third kappa shape index (κ3) is 4.71. The zero-order valence-corrected chi connectivity index (χ0v) is 12.0. The Labute approximate surface area is 111 Å². The molecule has 0 saturated heterocycles. The standard InChI is InChI=1S/C12H20BrN3O/c1-16(4-3-5-17-2)12(7-14)10-6-11(13)9-15-8-10/h6,8-9,12H,3-5,7,14H2,1-2H3. The van der Waals surface area contributed by atoms with E-state index in [-0.39, 0.29) is 6.04 Å². The Bertz CT molecular complexity index is 335. The van der Waals surface area contributed by atoms with Crippen LogP contribution >= 0.6 is 15.9 Å². The van der Waals surface area contributed by atoms with Crippen LogP contribution in [0.2, 0.25) is 0 Å². The smallest absolute Gasteiger partial charge is 0.0483 e. The van der Waals surface area contributed by atoms with Crippen LogP contribution in [0.3, 0.4) is 0 Å². The summed E-state index contributed by atoms with van der Waals surface area (Å²) in [6.07, 6.45) is 4.65. The van der Waals surface area contributed by atoms with Gasteiger partial charge in [0, 0.05) is 49.7 Å². The Morgan fingerprint density at radius 2 is 2.29 bits per heavy atom. The number of nitrogens with zero attached hydrogens (tertiary/aromatic N) is 2. The van der Waals surface area contributed by atoms with E-state index in [2.05, 4.69) is 38.9 Å². The normalized spacial score (nSPS) is 13.0. The maximum atomic E-state index is 5.84. The van der Waals surface area contributed by atoms with Crippen LogP contribution in [0, 0.1) is 0 Å². The maximum absolute atomic E-state index is 5.84. The first-order valence-electron chi connectivity index (χ1n) is 5.68. The van der Waals surface area contributed by atoms with E-state index in [1.54, 1.807) is 13.3 Å². The number of nitrogens with two attached hydrogens (primary N) is 1. The summed E-state index contributed by atoms with van der Waals surface area (Å²) < 4.78 is 6.04. The van der Waals surface area contributed by atoms with Crippen molar-refractivity contribution in [2.24, 2.45) is 5.73 Å². The van der Waals surface area contributed by atoms with Gasteiger partial charge in [0.15, 0.2) is 0 Å². The molecule has 1 heterocycles. The summed E-state index contributed by atoms with van der Waals surface area (Å²) >= 11 is 3.43. The van der Waals surface area contributed by atoms with Crippen LogP contribution in [0.5, 0.6) is 0 Å². The summed E-state index contributed by atoms with van der Waals surface area (Å²) in [4.78, 5) is 6.42. The van der Waals surface area contributed by atoms with Gasteiger partial charge in [-0.25, -0.2) is 0 Å². The van der Waals surface area contributed by atoms with Crippen LogP contribution in [-0.2, 0) is 4.74 Å². The van der Waals surface area contributed by atoms with Crippen molar-refractivity contribution in [3.8, 4) is 0 Å². The summed E-state index contributed by atoms with van der Waals surface area (Å²) in [5.74, 6) is 0. The van der Waals surface area contributed by atoms with Gasteiger partial charge in [-0.3, -0.25) is 9.88 Å². The molecule has 0 aliphatic rings. The molecule has 0 spiro atoms. The molecule has 0 bridgehead atoms. The average Bonchev–Trinajstić information content (AvgIpc) is 2.30. The topological polar surface area (TPSA) is 51.4 Å². The van der Waals surface area contributed by atoms with Gasteiger partial charge >= 0.3 is 0 Å². The molecule has 17 heavy (non-hydrogen) atoms. The minimum atomic E-state index is 0.205. The highest BCUT2D eigenvalue weighted by Crippen LogP contribution is 2.20. The third-order valence-corrected chi connectivity index (χ3v) is 3.16. The van der Waals surface area contributed by atoms with E-state index in [9.17, 15) is 0 Å². The molecule has 96 valence electrons. The van der Waals surface area contributed by atoms with Crippen molar-refractivity contribution in [3.63, 3.8) is 0 Å². The Kier molecular flexibility index (Phi) is 6.65. The Balaban J connectivity index is 2.63. The SMILES string of the molecule is COCCCN(C)C(CN)c1cncc(Br)c1. The fourth-order valence-corrected chi connectivity index (χ4v) is 2.18. The second-order valence-corrected chi connectivity index (χ2v) is 4.93. The molecule has 2 N–H and O–H groups in total. The minimum absolute atomic E-state index is 0.205. The molecule has 0 aliphatic heterocycles. The monoisotopic (exact) mass is 301 g/mol. The Hall–Kier alpha value is -0.490. The van der Waals surface area contributed by atoms with Crippen molar-refractivity contribution in [3.05, 3.63) is 28.5 Å². The van der Waals surface area contributed by atoms with Crippen molar-refractivity contribution in [2.75, 3.05) is 33.9 Å². The van der Waals surface area contributed by atoms with Gasteiger partial charge in [0.25, 0.3) is 0 Å². The third-order valence-electron chi connectivity index (χ3n) is 2.73. The highest BCUT2D eigenvalue weighted by atomic mass is 79.9. The van der Waals surface area contributed by atoms with Crippen LogP contribution < -0.4 is 5.73 Å². The van der Waals surface area contributed by atoms with Crippen molar-refractivity contribution in [1.29, 1.82) is 0 Å². The van der Waals surface area contributed by atoms with E-state index in [0.29, 0.717) is 6.54 Å². The zero-order valence-electron chi connectivity index (χ0n) is 10.4. The molecule has 1 atom stereocenters. The van der Waals surface area contributed by atoms with E-state index in [0.717, 1.165) is 29.6 Å². The zero-order chi connectivity index (χ0) is 12.7. The van der Waals surface area contributed by atoms with Crippen LogP contribution in [0.1, 0.15) is 18.0 Å². The number of hydrogen-bond acceptors (Lipinski definition) is 4. The molecule has 5 heteroatoms. The molecule has 0 amide bonds. The van der Waals surface area contributed by atoms with Gasteiger partial charge in [0.1, 0.15) is 0 Å². The molecule has 1 aromatic heterocycles. The second-order valence-electron chi connectivity index (χ2n) is 4.01. The van der Waals surface area contributed by atoms with E-state index in [1.165, 1.54) is 0 Å². The molecule has 1 unspecified atom stereocenters. The Morgan fingerprint density at radius 3 is 2.88 bits per heavy atom. The number of aromatic nitrogens is 1. The van der Waals surface area contributed by atoms with Crippen LogP contribution in [0.25, 0.3) is 0 Å². The molecule has 1 rings (SSSR count). The van der Waals surface area contributed by atoms with E-state index in [4.69, 9.17) is 10.5 Å². The summed E-state index contributed by atoms with van der Waals surface area (Å²) in [5.41, 5.74) is 6.98.